The molecule has 0 saturated carbocycles. The third-order valence-corrected chi connectivity index (χ3v) is 3.93. The number of hydrogen-bond donors (Lipinski definition) is 3. The van der Waals surface area contributed by atoms with E-state index in [1.54, 1.807) is 18.3 Å². The summed E-state index contributed by atoms with van der Waals surface area (Å²) < 4.78 is 5.74. The van der Waals surface area contributed by atoms with Crippen molar-refractivity contribution in [2.24, 2.45) is 0 Å². The molecule has 4 aromatic rings. The highest BCUT2D eigenvalue weighted by Gasteiger charge is 2.07. The number of nitrogens with one attached hydrogen (secondary N) is 3. The second-order valence-electron chi connectivity index (χ2n) is 5.77. The van der Waals surface area contributed by atoms with Gasteiger partial charge in [0.2, 0.25) is 0 Å². The minimum atomic E-state index is -0.300. The molecule has 0 aliphatic carbocycles. The van der Waals surface area contributed by atoms with Gasteiger partial charge in [-0.25, -0.2) is 4.79 Å². The van der Waals surface area contributed by atoms with Crippen LogP contribution in [0, 0.1) is 0 Å². The number of fused-ring (bicyclic) bond motifs is 1. The number of amides is 2. The fourth-order valence-electron chi connectivity index (χ4n) is 2.69. The van der Waals surface area contributed by atoms with Crippen molar-refractivity contribution in [2.75, 3.05) is 10.6 Å². The van der Waals surface area contributed by atoms with E-state index in [0.29, 0.717) is 11.4 Å². The van der Waals surface area contributed by atoms with Crippen molar-refractivity contribution in [3.8, 4) is 11.5 Å². The first kappa shape index (κ1) is 15.8. The zero-order valence-corrected chi connectivity index (χ0v) is 13.9. The van der Waals surface area contributed by atoms with Gasteiger partial charge in [-0.05, 0) is 42.5 Å². The Bertz CT molecular complexity index is 1020. The first-order valence-electron chi connectivity index (χ1n) is 8.25. The van der Waals surface area contributed by atoms with E-state index in [2.05, 4.69) is 15.6 Å². The molecule has 0 bridgehead atoms. The van der Waals surface area contributed by atoms with E-state index in [1.807, 2.05) is 66.7 Å². The number of H-pyrrole nitrogens is 1. The maximum Gasteiger partial charge on any atom is 0.323 e. The van der Waals surface area contributed by atoms with Crippen molar-refractivity contribution in [2.45, 2.75) is 0 Å². The van der Waals surface area contributed by atoms with Crippen LogP contribution in [0.3, 0.4) is 0 Å². The third kappa shape index (κ3) is 3.52. The lowest BCUT2D eigenvalue weighted by Crippen LogP contribution is -2.19. The second kappa shape index (κ2) is 7.03. The van der Waals surface area contributed by atoms with E-state index >= 15 is 0 Å². The van der Waals surface area contributed by atoms with Crippen LogP contribution in [-0.2, 0) is 0 Å². The normalized spacial score (nSPS) is 10.5. The standard InChI is InChI=1S/C21H17N3O2/c25-21(24-20-14-22-19-9-5-4-8-18(19)20)23-15-10-12-17(13-11-15)26-16-6-2-1-3-7-16/h1-14,22H,(H2,23,24,25). The first-order chi connectivity index (χ1) is 12.8. The Morgan fingerprint density at radius 1 is 0.769 bits per heavy atom. The number of ether oxygens (including phenoxy) is 1. The molecule has 26 heavy (non-hydrogen) atoms. The third-order valence-electron chi connectivity index (χ3n) is 3.93. The number of carbonyl (C=O) groups is 1. The topological polar surface area (TPSA) is 66.2 Å². The fourth-order valence-corrected chi connectivity index (χ4v) is 2.69. The van der Waals surface area contributed by atoms with Gasteiger partial charge in [-0.2, -0.15) is 0 Å². The summed E-state index contributed by atoms with van der Waals surface area (Å²) in [6.45, 7) is 0. The molecular weight excluding hydrogens is 326 g/mol. The molecule has 3 N–H and O–H groups in total. The predicted octanol–water partition coefficient (Wildman–Crippen LogP) is 5.60. The highest BCUT2D eigenvalue weighted by molar-refractivity contribution is 6.05. The van der Waals surface area contributed by atoms with Gasteiger partial charge in [-0.15, -0.1) is 0 Å². The minimum absolute atomic E-state index is 0.300. The molecule has 2 amide bonds. The van der Waals surface area contributed by atoms with Crippen molar-refractivity contribution in [1.82, 2.24) is 4.98 Å². The molecule has 4 rings (SSSR count). The van der Waals surface area contributed by atoms with Crippen molar-refractivity contribution in [1.29, 1.82) is 0 Å². The Kier molecular flexibility index (Phi) is 4.26. The summed E-state index contributed by atoms with van der Waals surface area (Å²) in [6, 6.07) is 24.3. The summed E-state index contributed by atoms with van der Waals surface area (Å²) in [5, 5.41) is 6.64. The number of anilines is 2. The Balaban J connectivity index is 1.40. The Hall–Kier alpha value is -3.73. The number of aromatic amines is 1. The average molecular weight is 343 g/mol. The van der Waals surface area contributed by atoms with Crippen LogP contribution in [0.4, 0.5) is 16.2 Å². The van der Waals surface area contributed by atoms with E-state index < -0.39 is 0 Å². The molecule has 0 spiro atoms. The summed E-state index contributed by atoms with van der Waals surface area (Å²) in [5.74, 6) is 1.48. The number of para-hydroxylation sites is 2. The Labute approximate surface area is 150 Å². The van der Waals surface area contributed by atoms with Crippen LogP contribution in [-0.4, -0.2) is 11.0 Å². The van der Waals surface area contributed by atoms with Crippen LogP contribution in [0.1, 0.15) is 0 Å². The van der Waals surface area contributed by atoms with Gasteiger partial charge in [-0.1, -0.05) is 36.4 Å². The quantitative estimate of drug-likeness (QED) is 0.451. The molecule has 0 fully saturated rings. The maximum atomic E-state index is 12.2. The van der Waals surface area contributed by atoms with E-state index in [-0.39, 0.29) is 6.03 Å². The van der Waals surface area contributed by atoms with E-state index in [9.17, 15) is 4.79 Å². The average Bonchev–Trinajstić information content (AvgIpc) is 3.07. The van der Waals surface area contributed by atoms with Gasteiger partial charge in [0, 0.05) is 22.8 Å². The molecule has 0 unspecified atom stereocenters. The molecule has 5 nitrogen and oxygen atoms in total. The van der Waals surface area contributed by atoms with E-state index in [4.69, 9.17) is 4.74 Å². The molecule has 0 aliphatic heterocycles. The monoisotopic (exact) mass is 343 g/mol. The first-order valence-corrected chi connectivity index (χ1v) is 8.25. The van der Waals surface area contributed by atoms with Gasteiger partial charge in [0.15, 0.2) is 0 Å². The fraction of sp³-hybridized carbons (Fsp3) is 0. The summed E-state index contributed by atoms with van der Waals surface area (Å²) in [7, 11) is 0. The molecule has 0 radical (unpaired) electrons. The van der Waals surface area contributed by atoms with Gasteiger partial charge < -0.3 is 20.4 Å². The number of hydrogen-bond acceptors (Lipinski definition) is 2. The maximum absolute atomic E-state index is 12.2. The van der Waals surface area contributed by atoms with E-state index in [1.165, 1.54) is 0 Å². The number of urea groups is 1. The second-order valence-corrected chi connectivity index (χ2v) is 5.77. The predicted molar refractivity (Wildman–Crippen MR) is 104 cm³/mol. The number of rotatable bonds is 4. The van der Waals surface area contributed by atoms with Crippen molar-refractivity contribution in [3.05, 3.63) is 85.1 Å². The van der Waals surface area contributed by atoms with Gasteiger partial charge in [0.05, 0.1) is 5.69 Å². The van der Waals surface area contributed by atoms with E-state index in [0.717, 1.165) is 22.3 Å². The van der Waals surface area contributed by atoms with Crippen molar-refractivity contribution in [3.63, 3.8) is 0 Å². The van der Waals surface area contributed by atoms with Crippen LogP contribution in [0.15, 0.2) is 85.1 Å². The Morgan fingerprint density at radius 2 is 1.46 bits per heavy atom. The van der Waals surface area contributed by atoms with Gasteiger partial charge in [0.25, 0.3) is 0 Å². The highest BCUT2D eigenvalue weighted by Crippen LogP contribution is 2.24. The Morgan fingerprint density at radius 3 is 2.27 bits per heavy atom. The van der Waals surface area contributed by atoms with Crippen LogP contribution < -0.4 is 15.4 Å². The highest BCUT2D eigenvalue weighted by atomic mass is 16.5. The van der Waals surface area contributed by atoms with Crippen LogP contribution in [0.2, 0.25) is 0 Å². The number of carbonyl (C=O) groups excluding carboxylic acids is 1. The molecular formula is C21H17N3O2. The van der Waals surface area contributed by atoms with Gasteiger partial charge in [-0.3, -0.25) is 0 Å². The summed E-state index contributed by atoms with van der Waals surface area (Å²) in [5.41, 5.74) is 2.40. The number of benzene rings is 3. The largest absolute Gasteiger partial charge is 0.457 e. The van der Waals surface area contributed by atoms with Crippen LogP contribution >= 0.6 is 0 Å². The molecule has 1 heterocycles. The minimum Gasteiger partial charge on any atom is -0.457 e. The number of aromatic nitrogens is 1. The molecule has 0 saturated heterocycles. The molecule has 5 heteroatoms. The molecule has 0 atom stereocenters. The summed E-state index contributed by atoms with van der Waals surface area (Å²) >= 11 is 0. The van der Waals surface area contributed by atoms with Gasteiger partial charge >= 0.3 is 6.03 Å². The summed E-state index contributed by atoms with van der Waals surface area (Å²) in [4.78, 5) is 15.4. The molecule has 0 aliphatic rings. The van der Waals surface area contributed by atoms with Crippen LogP contribution in [0.5, 0.6) is 11.5 Å². The van der Waals surface area contributed by atoms with Crippen LogP contribution in [0.25, 0.3) is 10.9 Å². The van der Waals surface area contributed by atoms with Gasteiger partial charge in [0.1, 0.15) is 11.5 Å². The lowest BCUT2D eigenvalue weighted by molar-refractivity contribution is 0.262. The van der Waals surface area contributed by atoms with Crippen molar-refractivity contribution < 1.29 is 9.53 Å². The lowest BCUT2D eigenvalue weighted by atomic mass is 10.2. The zero-order valence-electron chi connectivity index (χ0n) is 13.9. The molecule has 1 aromatic heterocycles. The zero-order chi connectivity index (χ0) is 17.8. The molecule has 128 valence electrons. The lowest BCUT2D eigenvalue weighted by Gasteiger charge is -2.09. The summed E-state index contributed by atoms with van der Waals surface area (Å²) in [6.07, 6.45) is 1.78. The SMILES string of the molecule is O=C(Nc1ccc(Oc2ccccc2)cc1)Nc1c[nH]c2ccccc12. The van der Waals surface area contributed by atoms with Crippen molar-refractivity contribution >= 4 is 28.3 Å². The smallest absolute Gasteiger partial charge is 0.323 e. The molecule has 3 aromatic carbocycles.